The topological polar surface area (TPSA) is 44.4 Å². The van der Waals surface area contributed by atoms with Gasteiger partial charge in [0.05, 0.1) is 11.1 Å². The van der Waals surface area contributed by atoms with Gasteiger partial charge in [0.15, 0.2) is 0 Å². The molecule has 1 saturated heterocycles. The summed E-state index contributed by atoms with van der Waals surface area (Å²) in [4.78, 5) is 14.1. The molecule has 0 spiro atoms. The molecule has 0 aliphatic carbocycles. The number of hydrogen-bond donors (Lipinski definition) is 2. The summed E-state index contributed by atoms with van der Waals surface area (Å²) in [5.74, 6) is -0.957. The smallest absolute Gasteiger partial charge is 0.352 e. The Hall–Kier alpha value is -1.81. The van der Waals surface area contributed by atoms with Crippen LogP contribution in [0.4, 0.5) is 26.3 Å². The Kier molecular flexibility index (Phi) is 6.51. The van der Waals surface area contributed by atoms with Gasteiger partial charge in [-0.25, -0.2) is 0 Å². The predicted molar refractivity (Wildman–Crippen MR) is 82.7 cm³/mol. The summed E-state index contributed by atoms with van der Waals surface area (Å²) in [5.41, 5.74) is -3.66. The van der Waals surface area contributed by atoms with Gasteiger partial charge in [-0.3, -0.25) is 4.79 Å². The standard InChI is InChI=1S/C16H19F6N3O/c17-15(18,19)12-8-11(9-13(10-12)16(20,21)22)14(26)24-2-1-5-25-6-3-23-4-7-25/h8-10,23H,1-7H2,(H,24,26). The molecule has 1 aromatic rings. The van der Waals surface area contributed by atoms with Crippen molar-refractivity contribution in [2.45, 2.75) is 18.8 Å². The fourth-order valence-corrected chi connectivity index (χ4v) is 2.63. The molecule has 1 heterocycles. The zero-order valence-corrected chi connectivity index (χ0v) is 13.8. The van der Waals surface area contributed by atoms with Gasteiger partial charge >= 0.3 is 12.4 Å². The first-order valence-corrected chi connectivity index (χ1v) is 8.08. The van der Waals surface area contributed by atoms with Crippen molar-refractivity contribution in [2.24, 2.45) is 0 Å². The van der Waals surface area contributed by atoms with E-state index in [0.29, 0.717) is 25.1 Å². The number of nitrogens with zero attached hydrogens (tertiary/aromatic N) is 1. The Balaban J connectivity index is 2.00. The molecule has 0 radical (unpaired) electrons. The minimum absolute atomic E-state index is 0.00116. The Morgan fingerprint density at radius 2 is 1.54 bits per heavy atom. The molecule has 2 rings (SSSR count). The number of halogens is 6. The van der Waals surface area contributed by atoms with Crippen molar-refractivity contribution < 1.29 is 31.1 Å². The van der Waals surface area contributed by atoms with Crippen molar-refractivity contribution in [3.8, 4) is 0 Å². The second-order valence-electron chi connectivity index (χ2n) is 6.00. The summed E-state index contributed by atoms with van der Waals surface area (Å²) in [7, 11) is 0. The number of rotatable bonds is 5. The van der Waals surface area contributed by atoms with Crippen LogP contribution in [0.5, 0.6) is 0 Å². The highest BCUT2D eigenvalue weighted by molar-refractivity contribution is 5.94. The van der Waals surface area contributed by atoms with Crippen LogP contribution in [0.2, 0.25) is 0 Å². The van der Waals surface area contributed by atoms with Crippen LogP contribution >= 0.6 is 0 Å². The Labute approximate surface area is 146 Å². The minimum atomic E-state index is -4.97. The molecule has 0 atom stereocenters. The van der Waals surface area contributed by atoms with Crippen LogP contribution < -0.4 is 10.6 Å². The number of benzene rings is 1. The monoisotopic (exact) mass is 383 g/mol. The average molecular weight is 383 g/mol. The molecular formula is C16H19F6N3O. The lowest BCUT2D eigenvalue weighted by Gasteiger charge is -2.27. The van der Waals surface area contributed by atoms with Crippen LogP contribution in [0.1, 0.15) is 27.9 Å². The third kappa shape index (κ3) is 5.87. The van der Waals surface area contributed by atoms with Gasteiger partial charge in [-0.15, -0.1) is 0 Å². The molecule has 2 N–H and O–H groups in total. The third-order valence-corrected chi connectivity index (χ3v) is 4.00. The van der Waals surface area contributed by atoms with Gasteiger partial charge < -0.3 is 15.5 Å². The second-order valence-corrected chi connectivity index (χ2v) is 6.00. The molecule has 10 heteroatoms. The van der Waals surface area contributed by atoms with E-state index < -0.39 is 35.0 Å². The van der Waals surface area contributed by atoms with Gasteiger partial charge in [-0.05, 0) is 31.2 Å². The lowest BCUT2D eigenvalue weighted by atomic mass is 10.0. The lowest BCUT2D eigenvalue weighted by Crippen LogP contribution is -2.44. The van der Waals surface area contributed by atoms with E-state index in [0.717, 1.165) is 26.2 Å². The molecule has 0 saturated carbocycles. The number of nitrogens with one attached hydrogen (secondary N) is 2. The molecular weight excluding hydrogens is 364 g/mol. The third-order valence-electron chi connectivity index (χ3n) is 4.00. The van der Waals surface area contributed by atoms with E-state index in [2.05, 4.69) is 15.5 Å². The van der Waals surface area contributed by atoms with Crippen molar-refractivity contribution >= 4 is 5.91 Å². The van der Waals surface area contributed by atoms with Crippen molar-refractivity contribution in [1.29, 1.82) is 0 Å². The maximum atomic E-state index is 12.8. The summed E-state index contributed by atoms with van der Waals surface area (Å²) in [6, 6.07) is 0.864. The maximum Gasteiger partial charge on any atom is 0.416 e. The molecule has 146 valence electrons. The Morgan fingerprint density at radius 1 is 1.00 bits per heavy atom. The van der Waals surface area contributed by atoms with E-state index >= 15 is 0 Å². The van der Waals surface area contributed by atoms with E-state index in [4.69, 9.17) is 0 Å². The number of amides is 1. The largest absolute Gasteiger partial charge is 0.416 e. The van der Waals surface area contributed by atoms with E-state index in [9.17, 15) is 31.1 Å². The van der Waals surface area contributed by atoms with E-state index in [-0.39, 0.29) is 12.6 Å². The summed E-state index contributed by atoms with van der Waals surface area (Å²) in [6.45, 7) is 4.29. The van der Waals surface area contributed by atoms with Gasteiger partial charge in [0.2, 0.25) is 0 Å². The molecule has 0 bridgehead atoms. The summed E-state index contributed by atoms with van der Waals surface area (Å²) < 4.78 is 76.8. The Bertz CT molecular complexity index is 591. The average Bonchev–Trinajstić information content (AvgIpc) is 2.57. The molecule has 0 aromatic heterocycles. The van der Waals surface area contributed by atoms with E-state index in [1.807, 2.05) is 0 Å². The molecule has 4 nitrogen and oxygen atoms in total. The highest BCUT2D eigenvalue weighted by atomic mass is 19.4. The number of hydrogen-bond acceptors (Lipinski definition) is 3. The first-order valence-electron chi connectivity index (χ1n) is 8.08. The maximum absolute atomic E-state index is 12.8. The molecule has 1 aliphatic heterocycles. The van der Waals surface area contributed by atoms with Crippen LogP contribution in [-0.4, -0.2) is 50.1 Å². The molecule has 1 aliphatic rings. The number of piperazine rings is 1. The fourth-order valence-electron chi connectivity index (χ4n) is 2.63. The quantitative estimate of drug-likeness (QED) is 0.607. The van der Waals surface area contributed by atoms with Gasteiger partial charge in [0.25, 0.3) is 5.91 Å². The van der Waals surface area contributed by atoms with Crippen molar-refractivity contribution in [3.63, 3.8) is 0 Å². The van der Waals surface area contributed by atoms with Crippen molar-refractivity contribution in [1.82, 2.24) is 15.5 Å². The minimum Gasteiger partial charge on any atom is -0.352 e. The Morgan fingerprint density at radius 3 is 2.04 bits per heavy atom. The lowest BCUT2D eigenvalue weighted by molar-refractivity contribution is -0.143. The molecule has 1 aromatic carbocycles. The number of carbonyl (C=O) groups is 1. The molecule has 1 fully saturated rings. The van der Waals surface area contributed by atoms with Crippen LogP contribution in [0.15, 0.2) is 18.2 Å². The van der Waals surface area contributed by atoms with Crippen LogP contribution in [0.25, 0.3) is 0 Å². The fraction of sp³-hybridized carbons (Fsp3) is 0.562. The summed E-state index contributed by atoms with van der Waals surface area (Å²) in [5, 5.41) is 5.56. The van der Waals surface area contributed by atoms with Crippen LogP contribution in [0, 0.1) is 0 Å². The SMILES string of the molecule is O=C(NCCCN1CCNCC1)c1cc(C(F)(F)F)cc(C(F)(F)F)c1. The van der Waals surface area contributed by atoms with E-state index in [1.165, 1.54) is 0 Å². The first kappa shape index (κ1) is 20.5. The molecule has 0 unspecified atom stereocenters. The van der Waals surface area contributed by atoms with E-state index in [1.54, 1.807) is 0 Å². The highest BCUT2D eigenvalue weighted by Gasteiger charge is 2.37. The van der Waals surface area contributed by atoms with Crippen molar-refractivity contribution in [2.75, 3.05) is 39.3 Å². The van der Waals surface area contributed by atoms with Gasteiger partial charge in [0.1, 0.15) is 0 Å². The zero-order chi connectivity index (χ0) is 19.4. The van der Waals surface area contributed by atoms with Gasteiger partial charge in [-0.2, -0.15) is 26.3 Å². The second kappa shape index (κ2) is 8.26. The van der Waals surface area contributed by atoms with Crippen LogP contribution in [0.3, 0.4) is 0 Å². The summed E-state index contributed by atoms with van der Waals surface area (Å²) >= 11 is 0. The van der Waals surface area contributed by atoms with Gasteiger partial charge in [0, 0.05) is 38.3 Å². The molecule has 26 heavy (non-hydrogen) atoms. The summed E-state index contributed by atoms with van der Waals surface area (Å²) in [6.07, 6.45) is -9.39. The molecule has 1 amide bonds. The normalized spacial score (nSPS) is 16.5. The predicted octanol–water partition coefficient (Wildman–Crippen LogP) is 2.75. The highest BCUT2D eigenvalue weighted by Crippen LogP contribution is 2.36. The van der Waals surface area contributed by atoms with Gasteiger partial charge in [-0.1, -0.05) is 0 Å². The van der Waals surface area contributed by atoms with Crippen LogP contribution in [-0.2, 0) is 12.4 Å². The zero-order valence-electron chi connectivity index (χ0n) is 13.8. The van der Waals surface area contributed by atoms with Crippen molar-refractivity contribution in [3.05, 3.63) is 34.9 Å². The number of alkyl halides is 6. The first-order chi connectivity index (χ1) is 12.1. The number of carbonyl (C=O) groups excluding carboxylic acids is 1.